The zero-order chi connectivity index (χ0) is 21.2. The molecular weight excluding hydrogens is 447 g/mol. The first-order valence-corrected chi connectivity index (χ1v) is 10.8. The lowest BCUT2D eigenvalue weighted by atomic mass is 10.1. The lowest BCUT2D eigenvalue weighted by Crippen LogP contribution is -2.46. The van der Waals surface area contributed by atoms with Crippen molar-refractivity contribution in [2.24, 2.45) is 0 Å². The second-order valence-corrected chi connectivity index (χ2v) is 8.75. The molecule has 158 valence electrons. The Morgan fingerprint density at radius 2 is 1.76 bits per heavy atom. The van der Waals surface area contributed by atoms with Gasteiger partial charge in [-0.2, -0.15) is 13.2 Å². The highest BCUT2D eigenvalue weighted by Crippen LogP contribution is 2.34. The van der Waals surface area contributed by atoms with Crippen LogP contribution in [-0.4, -0.2) is 43.0 Å². The lowest BCUT2D eigenvalue weighted by molar-refractivity contribution is -0.105. The second-order valence-electron chi connectivity index (χ2n) is 6.95. The number of aryl methyl sites for hydroxylation is 1. The fourth-order valence-electron chi connectivity index (χ4n) is 3.26. The summed E-state index contributed by atoms with van der Waals surface area (Å²) in [6, 6.07) is 8.35. The number of hydrogen-bond acceptors (Lipinski definition) is 3. The van der Waals surface area contributed by atoms with Gasteiger partial charge in [0.2, 0.25) is 0 Å². The van der Waals surface area contributed by atoms with E-state index in [2.05, 4.69) is 4.90 Å². The molecule has 0 radical (unpaired) electrons. The molecule has 1 fully saturated rings. The molecule has 29 heavy (non-hydrogen) atoms. The first kappa shape index (κ1) is 22.5. The Kier molecular flexibility index (Phi) is 7.25. The summed E-state index contributed by atoms with van der Waals surface area (Å²) in [6.45, 7) is 4.76. The molecule has 1 aliphatic rings. The number of benzene rings is 2. The van der Waals surface area contributed by atoms with E-state index in [1.807, 2.05) is 17.0 Å². The van der Waals surface area contributed by atoms with E-state index in [9.17, 15) is 17.6 Å². The topological polar surface area (TPSA) is 6.48 Å². The molecule has 0 atom stereocenters. The van der Waals surface area contributed by atoms with E-state index in [-0.39, 0.29) is 0 Å². The predicted molar refractivity (Wildman–Crippen MR) is 112 cm³/mol. The van der Waals surface area contributed by atoms with Gasteiger partial charge in [0.15, 0.2) is 0 Å². The van der Waals surface area contributed by atoms with Gasteiger partial charge < -0.3 is 4.90 Å². The Bertz CT molecular complexity index is 868. The molecule has 0 spiro atoms. The maximum absolute atomic E-state index is 14.5. The van der Waals surface area contributed by atoms with Crippen molar-refractivity contribution in [3.8, 4) is 0 Å². The summed E-state index contributed by atoms with van der Waals surface area (Å²) in [7, 11) is 0. The largest absolute Gasteiger partial charge is 0.398 e. The summed E-state index contributed by atoms with van der Waals surface area (Å²) in [6.07, 6.45) is -4.26. The summed E-state index contributed by atoms with van der Waals surface area (Å²) in [5.74, 6) is -1.40. The van der Waals surface area contributed by atoms with Crippen molar-refractivity contribution in [3.05, 3.63) is 57.3 Å². The number of halogens is 6. The summed E-state index contributed by atoms with van der Waals surface area (Å²) < 4.78 is 52.2. The van der Waals surface area contributed by atoms with E-state index in [4.69, 9.17) is 23.2 Å². The molecular formula is C20H20Cl2F4N2S. The standard InChI is InChI=1S/C20H20Cl2F4N2S/c1-13-9-16(23)17(10-18(13)29-12-20(24,25)26)28-7-5-27(6-8-28)11-14-3-2-4-15(21)19(14)22/h2-4,9-10H,5-8,11-12H2,1H3. The van der Waals surface area contributed by atoms with Crippen molar-refractivity contribution in [1.82, 2.24) is 4.90 Å². The van der Waals surface area contributed by atoms with Gasteiger partial charge in [-0.15, -0.1) is 11.8 Å². The van der Waals surface area contributed by atoms with E-state index >= 15 is 0 Å². The van der Waals surface area contributed by atoms with Crippen LogP contribution in [0.1, 0.15) is 11.1 Å². The molecule has 2 nitrogen and oxygen atoms in total. The van der Waals surface area contributed by atoms with Crippen LogP contribution in [0.5, 0.6) is 0 Å². The van der Waals surface area contributed by atoms with Crippen LogP contribution < -0.4 is 4.90 Å². The third-order valence-corrected chi connectivity index (χ3v) is 6.85. The van der Waals surface area contributed by atoms with Gasteiger partial charge in [0, 0.05) is 37.6 Å². The Morgan fingerprint density at radius 3 is 2.41 bits per heavy atom. The number of nitrogens with zero attached hydrogens (tertiary/aromatic N) is 2. The fraction of sp³-hybridized carbons (Fsp3) is 0.400. The highest BCUT2D eigenvalue weighted by atomic mass is 35.5. The molecule has 0 N–H and O–H groups in total. The van der Waals surface area contributed by atoms with Crippen LogP contribution in [0.25, 0.3) is 0 Å². The van der Waals surface area contributed by atoms with Crippen LogP contribution in [0.3, 0.4) is 0 Å². The monoisotopic (exact) mass is 466 g/mol. The molecule has 0 aromatic heterocycles. The van der Waals surface area contributed by atoms with E-state index in [0.29, 0.717) is 70.7 Å². The minimum absolute atomic E-state index is 0.348. The van der Waals surface area contributed by atoms with Crippen molar-refractivity contribution in [1.29, 1.82) is 0 Å². The van der Waals surface area contributed by atoms with Gasteiger partial charge in [-0.05, 0) is 36.2 Å². The minimum Gasteiger partial charge on any atom is -0.367 e. The number of anilines is 1. The Morgan fingerprint density at radius 1 is 1.07 bits per heavy atom. The van der Waals surface area contributed by atoms with Crippen molar-refractivity contribution < 1.29 is 17.6 Å². The molecule has 9 heteroatoms. The number of thioether (sulfide) groups is 1. The number of rotatable bonds is 5. The molecule has 2 aromatic rings. The second kappa shape index (κ2) is 9.33. The molecule has 3 rings (SSSR count). The van der Waals surface area contributed by atoms with Crippen LogP contribution in [0.4, 0.5) is 23.2 Å². The van der Waals surface area contributed by atoms with E-state index in [1.54, 1.807) is 13.0 Å². The van der Waals surface area contributed by atoms with E-state index in [0.717, 1.165) is 5.56 Å². The van der Waals surface area contributed by atoms with Crippen molar-refractivity contribution in [2.75, 3.05) is 36.8 Å². The summed E-state index contributed by atoms with van der Waals surface area (Å²) in [5, 5.41) is 1.04. The molecule has 0 unspecified atom stereocenters. The Balaban J connectivity index is 1.66. The van der Waals surface area contributed by atoms with Gasteiger partial charge in [0.25, 0.3) is 0 Å². The SMILES string of the molecule is Cc1cc(F)c(N2CCN(Cc3cccc(Cl)c3Cl)CC2)cc1SCC(F)(F)F. The third-order valence-electron chi connectivity index (χ3n) is 4.77. The van der Waals surface area contributed by atoms with Gasteiger partial charge in [-0.25, -0.2) is 4.39 Å². The van der Waals surface area contributed by atoms with Gasteiger partial charge in [-0.3, -0.25) is 4.90 Å². The summed E-state index contributed by atoms with van der Waals surface area (Å²) in [5.41, 5.74) is 1.79. The van der Waals surface area contributed by atoms with Crippen molar-refractivity contribution in [3.63, 3.8) is 0 Å². The van der Waals surface area contributed by atoms with Gasteiger partial charge in [-0.1, -0.05) is 35.3 Å². The molecule has 2 aromatic carbocycles. The van der Waals surface area contributed by atoms with Crippen LogP contribution in [-0.2, 0) is 6.54 Å². The maximum atomic E-state index is 14.5. The van der Waals surface area contributed by atoms with Gasteiger partial charge >= 0.3 is 6.18 Å². The molecule has 1 aliphatic heterocycles. The van der Waals surface area contributed by atoms with E-state index < -0.39 is 17.7 Å². The first-order chi connectivity index (χ1) is 13.6. The quantitative estimate of drug-likeness (QED) is 0.370. The average Bonchev–Trinajstić information content (AvgIpc) is 2.65. The lowest BCUT2D eigenvalue weighted by Gasteiger charge is -2.36. The summed E-state index contributed by atoms with van der Waals surface area (Å²) >= 11 is 13.0. The fourth-order valence-corrected chi connectivity index (χ4v) is 4.44. The van der Waals surface area contributed by atoms with Crippen LogP contribution in [0, 0.1) is 12.7 Å². The third kappa shape index (κ3) is 5.94. The molecule has 1 heterocycles. The Labute approximate surface area is 181 Å². The molecule has 0 saturated carbocycles. The highest BCUT2D eigenvalue weighted by Gasteiger charge is 2.28. The molecule has 0 bridgehead atoms. The van der Waals surface area contributed by atoms with Crippen LogP contribution >= 0.6 is 35.0 Å². The maximum Gasteiger partial charge on any atom is 0.398 e. The predicted octanol–water partition coefficient (Wildman–Crippen LogP) is 6.42. The zero-order valence-corrected chi connectivity index (χ0v) is 18.0. The number of piperazine rings is 1. The average molecular weight is 467 g/mol. The smallest absolute Gasteiger partial charge is 0.367 e. The molecule has 1 saturated heterocycles. The van der Waals surface area contributed by atoms with Crippen molar-refractivity contribution >= 4 is 40.7 Å². The van der Waals surface area contributed by atoms with Gasteiger partial charge in [0.05, 0.1) is 21.5 Å². The first-order valence-electron chi connectivity index (χ1n) is 9.04. The number of hydrogen-bond donors (Lipinski definition) is 0. The van der Waals surface area contributed by atoms with Crippen LogP contribution in [0.2, 0.25) is 10.0 Å². The van der Waals surface area contributed by atoms with Crippen LogP contribution in [0.15, 0.2) is 35.2 Å². The van der Waals surface area contributed by atoms with E-state index in [1.165, 1.54) is 12.1 Å². The molecule has 0 aliphatic carbocycles. The molecule has 0 amide bonds. The Hall–Kier alpha value is -1.15. The summed E-state index contributed by atoms with van der Waals surface area (Å²) in [4.78, 5) is 4.52. The zero-order valence-electron chi connectivity index (χ0n) is 15.7. The minimum atomic E-state index is -4.26. The van der Waals surface area contributed by atoms with Crippen molar-refractivity contribution in [2.45, 2.75) is 24.5 Å². The van der Waals surface area contributed by atoms with Gasteiger partial charge in [0.1, 0.15) is 5.82 Å². The normalized spacial score (nSPS) is 15.8. The highest BCUT2D eigenvalue weighted by molar-refractivity contribution is 7.99. The number of alkyl halides is 3.